The number of thiophene rings is 1. The van der Waals surface area contributed by atoms with Crippen LogP contribution in [0.4, 0.5) is 5.69 Å². The first-order valence-corrected chi connectivity index (χ1v) is 7.42. The third kappa shape index (κ3) is 4.55. The summed E-state index contributed by atoms with van der Waals surface area (Å²) in [5.74, 6) is -0.773. The average Bonchev–Trinajstić information content (AvgIpc) is 3.08. The maximum absolute atomic E-state index is 11.8. The zero-order chi connectivity index (χ0) is 16.7. The van der Waals surface area contributed by atoms with Crippen molar-refractivity contribution in [3.8, 4) is 11.5 Å². The van der Waals surface area contributed by atoms with Gasteiger partial charge in [-0.25, -0.2) is 5.43 Å². The molecular weight excluding hydrogens is 318 g/mol. The van der Waals surface area contributed by atoms with Gasteiger partial charge in [0, 0.05) is 10.9 Å². The van der Waals surface area contributed by atoms with E-state index >= 15 is 0 Å². The third-order valence-corrected chi connectivity index (χ3v) is 3.57. The van der Waals surface area contributed by atoms with E-state index in [1.165, 1.54) is 31.8 Å². The number of rotatable bonds is 5. The highest BCUT2D eigenvalue weighted by atomic mass is 32.1. The van der Waals surface area contributed by atoms with Crippen molar-refractivity contribution in [3.05, 3.63) is 40.6 Å². The first-order valence-electron chi connectivity index (χ1n) is 6.54. The summed E-state index contributed by atoms with van der Waals surface area (Å²) < 4.78 is 10.2. The van der Waals surface area contributed by atoms with Gasteiger partial charge < -0.3 is 14.8 Å². The Kier molecular flexibility index (Phi) is 5.70. The quantitative estimate of drug-likeness (QED) is 0.496. The van der Waals surface area contributed by atoms with Crippen LogP contribution in [0, 0.1) is 0 Å². The van der Waals surface area contributed by atoms with E-state index in [0.717, 1.165) is 4.88 Å². The molecule has 23 heavy (non-hydrogen) atoms. The molecule has 0 unspecified atom stereocenters. The molecule has 0 atom stereocenters. The van der Waals surface area contributed by atoms with E-state index < -0.39 is 11.8 Å². The minimum atomic E-state index is -0.879. The molecule has 1 aromatic carbocycles. The van der Waals surface area contributed by atoms with Gasteiger partial charge in [-0.15, -0.1) is 11.3 Å². The van der Waals surface area contributed by atoms with Gasteiger partial charge in [-0.05, 0) is 23.6 Å². The molecule has 8 heteroatoms. The second-order valence-corrected chi connectivity index (χ2v) is 5.21. The first kappa shape index (κ1) is 16.5. The van der Waals surface area contributed by atoms with Crippen molar-refractivity contribution in [3.63, 3.8) is 0 Å². The number of benzene rings is 1. The molecule has 0 spiro atoms. The molecule has 0 fully saturated rings. The molecule has 0 saturated carbocycles. The van der Waals surface area contributed by atoms with Gasteiger partial charge in [0.05, 0.1) is 26.1 Å². The molecule has 120 valence electrons. The number of hydrogen-bond donors (Lipinski definition) is 2. The molecule has 2 N–H and O–H groups in total. The zero-order valence-corrected chi connectivity index (χ0v) is 13.3. The summed E-state index contributed by atoms with van der Waals surface area (Å²) in [5.41, 5.74) is 2.52. The summed E-state index contributed by atoms with van der Waals surface area (Å²) in [6.45, 7) is 0. The van der Waals surface area contributed by atoms with Crippen molar-refractivity contribution in [1.29, 1.82) is 0 Å². The summed E-state index contributed by atoms with van der Waals surface area (Å²) >= 11 is 1.46. The number of anilines is 1. The zero-order valence-electron chi connectivity index (χ0n) is 12.5. The van der Waals surface area contributed by atoms with E-state index in [2.05, 4.69) is 15.8 Å². The Hall–Kier alpha value is -2.87. The molecule has 1 aromatic heterocycles. The number of hydrazone groups is 1. The Morgan fingerprint density at radius 2 is 2.00 bits per heavy atom. The van der Waals surface area contributed by atoms with Gasteiger partial charge in [0.15, 0.2) is 0 Å². The Labute approximate surface area is 136 Å². The summed E-state index contributed by atoms with van der Waals surface area (Å²) in [7, 11) is 2.97. The van der Waals surface area contributed by atoms with E-state index in [-0.39, 0.29) is 0 Å². The monoisotopic (exact) mass is 333 g/mol. The normalized spacial score (nSPS) is 10.3. The molecular formula is C15H15N3O4S. The van der Waals surface area contributed by atoms with Crippen LogP contribution in [0.25, 0.3) is 0 Å². The van der Waals surface area contributed by atoms with Crippen LogP contribution < -0.4 is 20.2 Å². The molecule has 2 aromatic rings. The Morgan fingerprint density at radius 3 is 2.65 bits per heavy atom. The van der Waals surface area contributed by atoms with Crippen molar-refractivity contribution < 1.29 is 19.1 Å². The lowest BCUT2D eigenvalue weighted by atomic mass is 10.2. The number of methoxy groups -OCH3 is 2. The Balaban J connectivity index is 1.97. The fourth-order valence-corrected chi connectivity index (χ4v) is 2.24. The molecule has 0 aliphatic heterocycles. The van der Waals surface area contributed by atoms with Crippen molar-refractivity contribution in [2.45, 2.75) is 0 Å². The van der Waals surface area contributed by atoms with E-state index in [4.69, 9.17) is 9.47 Å². The maximum atomic E-state index is 11.8. The second-order valence-electron chi connectivity index (χ2n) is 4.23. The van der Waals surface area contributed by atoms with Crippen LogP contribution in [-0.4, -0.2) is 32.2 Å². The molecule has 7 nitrogen and oxygen atoms in total. The second kappa shape index (κ2) is 7.95. The SMILES string of the molecule is COc1ccc(NC(=O)C(=O)NN=Cc2cccs2)c(OC)c1. The molecule has 0 aliphatic rings. The van der Waals surface area contributed by atoms with Crippen LogP contribution >= 0.6 is 11.3 Å². The molecule has 0 bridgehead atoms. The lowest BCUT2D eigenvalue weighted by Crippen LogP contribution is -2.32. The molecule has 2 rings (SSSR count). The highest BCUT2D eigenvalue weighted by Crippen LogP contribution is 2.28. The lowest BCUT2D eigenvalue weighted by molar-refractivity contribution is -0.136. The standard InChI is InChI=1S/C15H15N3O4S/c1-21-10-5-6-12(13(8-10)22-2)17-14(19)15(20)18-16-9-11-4-3-7-23-11/h3-9H,1-2H3,(H,17,19)(H,18,20). The highest BCUT2D eigenvalue weighted by molar-refractivity contribution is 7.11. The number of carbonyl (C=O) groups is 2. The van der Waals surface area contributed by atoms with Crippen LogP contribution in [0.2, 0.25) is 0 Å². The summed E-state index contributed by atoms with van der Waals surface area (Å²) in [4.78, 5) is 24.4. The predicted octanol–water partition coefficient (Wildman–Crippen LogP) is 1.85. The van der Waals surface area contributed by atoms with Gasteiger partial charge in [0.1, 0.15) is 11.5 Å². The van der Waals surface area contributed by atoms with Crippen LogP contribution in [0.15, 0.2) is 40.8 Å². The highest BCUT2D eigenvalue weighted by Gasteiger charge is 2.15. The number of carbonyl (C=O) groups excluding carboxylic acids is 2. The van der Waals surface area contributed by atoms with Crippen molar-refractivity contribution in [2.75, 3.05) is 19.5 Å². The Bertz CT molecular complexity index is 714. The molecule has 1 heterocycles. The minimum Gasteiger partial charge on any atom is -0.497 e. The van der Waals surface area contributed by atoms with Gasteiger partial charge in [-0.1, -0.05) is 6.07 Å². The van der Waals surface area contributed by atoms with Crippen LogP contribution in [0.5, 0.6) is 11.5 Å². The molecule has 0 saturated heterocycles. The van der Waals surface area contributed by atoms with Gasteiger partial charge in [0.2, 0.25) is 0 Å². The third-order valence-electron chi connectivity index (χ3n) is 2.76. The topological polar surface area (TPSA) is 89.0 Å². The van der Waals surface area contributed by atoms with Crippen molar-refractivity contribution in [1.82, 2.24) is 5.43 Å². The average molecular weight is 333 g/mol. The van der Waals surface area contributed by atoms with Gasteiger partial charge in [-0.3, -0.25) is 9.59 Å². The smallest absolute Gasteiger partial charge is 0.329 e. The van der Waals surface area contributed by atoms with Gasteiger partial charge in [-0.2, -0.15) is 5.10 Å². The van der Waals surface area contributed by atoms with Gasteiger partial charge >= 0.3 is 11.8 Å². The Morgan fingerprint density at radius 1 is 1.17 bits per heavy atom. The number of ether oxygens (including phenoxy) is 2. The van der Waals surface area contributed by atoms with Crippen LogP contribution in [0.1, 0.15) is 4.88 Å². The van der Waals surface area contributed by atoms with E-state index in [1.54, 1.807) is 18.2 Å². The summed E-state index contributed by atoms with van der Waals surface area (Å²) in [6.07, 6.45) is 1.46. The minimum absolute atomic E-state index is 0.357. The predicted molar refractivity (Wildman–Crippen MR) is 88.2 cm³/mol. The molecule has 0 radical (unpaired) electrons. The maximum Gasteiger partial charge on any atom is 0.329 e. The fraction of sp³-hybridized carbons (Fsp3) is 0.133. The molecule has 0 aliphatic carbocycles. The summed E-state index contributed by atoms with van der Waals surface area (Å²) in [5, 5.41) is 8.05. The first-order chi connectivity index (χ1) is 11.1. The van der Waals surface area contributed by atoms with Crippen LogP contribution in [0.3, 0.4) is 0 Å². The number of nitrogens with zero attached hydrogens (tertiary/aromatic N) is 1. The van der Waals surface area contributed by atoms with Crippen molar-refractivity contribution in [2.24, 2.45) is 5.10 Å². The van der Waals surface area contributed by atoms with Crippen LogP contribution in [-0.2, 0) is 9.59 Å². The molecule has 2 amide bonds. The van der Waals surface area contributed by atoms with E-state index in [9.17, 15) is 9.59 Å². The van der Waals surface area contributed by atoms with E-state index in [0.29, 0.717) is 17.2 Å². The van der Waals surface area contributed by atoms with E-state index in [1.807, 2.05) is 17.5 Å². The number of nitrogens with one attached hydrogen (secondary N) is 2. The largest absolute Gasteiger partial charge is 0.497 e. The lowest BCUT2D eigenvalue weighted by Gasteiger charge is -2.10. The van der Waals surface area contributed by atoms with Crippen molar-refractivity contribution >= 4 is 35.1 Å². The number of amides is 2. The summed E-state index contributed by atoms with van der Waals surface area (Å²) in [6, 6.07) is 8.52. The number of hydrogen-bond acceptors (Lipinski definition) is 6. The fourth-order valence-electron chi connectivity index (χ4n) is 1.65. The van der Waals surface area contributed by atoms with Gasteiger partial charge in [0.25, 0.3) is 0 Å².